The van der Waals surface area contributed by atoms with Gasteiger partial charge in [-0.2, -0.15) is 0 Å². The average molecular weight is 385 g/mol. The summed E-state index contributed by atoms with van der Waals surface area (Å²) in [5.74, 6) is 0.632. The van der Waals surface area contributed by atoms with Crippen molar-refractivity contribution in [3.05, 3.63) is 64.9 Å². The molecule has 27 heavy (non-hydrogen) atoms. The highest BCUT2D eigenvalue weighted by molar-refractivity contribution is 6.29. The quantitative estimate of drug-likeness (QED) is 0.542. The molecule has 0 saturated carbocycles. The second-order valence-electron chi connectivity index (χ2n) is 6.17. The number of aliphatic hydroxyl groups is 1. The van der Waals surface area contributed by atoms with Crippen LogP contribution in [-0.2, 0) is 6.54 Å². The maximum atomic E-state index is 9.49. The molecule has 1 heterocycles. The summed E-state index contributed by atoms with van der Waals surface area (Å²) in [5.41, 5.74) is 4.72. The molecule has 0 atom stereocenters. The number of aromatic amines is 1. The monoisotopic (exact) mass is 384 g/mol. The Balaban J connectivity index is 1.78. The average Bonchev–Trinajstić information content (AvgIpc) is 3.23. The van der Waals surface area contributed by atoms with Gasteiger partial charge in [-0.3, -0.25) is 0 Å². The van der Waals surface area contributed by atoms with E-state index in [1.807, 2.05) is 50.5 Å². The number of H-pyrrole nitrogens is 1. The molecule has 3 aromatic rings. The van der Waals surface area contributed by atoms with Crippen LogP contribution in [0.3, 0.4) is 0 Å². The van der Waals surface area contributed by atoms with Crippen LogP contribution in [-0.4, -0.2) is 51.3 Å². The third-order valence-corrected chi connectivity index (χ3v) is 4.66. The first kappa shape index (κ1) is 18.9. The fraction of sp³-hybridized carbons (Fsp3) is 0.211. The lowest BCUT2D eigenvalue weighted by Crippen LogP contribution is -2.21. The van der Waals surface area contributed by atoms with E-state index in [-0.39, 0.29) is 6.61 Å². The summed E-state index contributed by atoms with van der Waals surface area (Å²) >= 11 is 6.18. The molecule has 3 rings (SSSR count). The lowest BCUT2D eigenvalue weighted by Gasteiger charge is -2.17. The van der Waals surface area contributed by atoms with Crippen molar-refractivity contribution in [2.45, 2.75) is 6.54 Å². The molecular weight excluding hydrogens is 364 g/mol. The van der Waals surface area contributed by atoms with E-state index in [0.29, 0.717) is 23.2 Å². The zero-order valence-electron chi connectivity index (χ0n) is 15.1. The SMILES string of the molecule is CN(C)/C(Cl)=C(/CO)NCc1ccc(-c2ccccc2-c2nnn[nH]2)cc1. The molecule has 0 aliphatic heterocycles. The highest BCUT2D eigenvalue weighted by atomic mass is 35.5. The van der Waals surface area contributed by atoms with E-state index in [2.05, 4.69) is 38.1 Å². The first-order valence-corrected chi connectivity index (χ1v) is 8.81. The van der Waals surface area contributed by atoms with Gasteiger partial charge in [0.1, 0.15) is 5.16 Å². The second kappa shape index (κ2) is 8.66. The van der Waals surface area contributed by atoms with Gasteiger partial charge in [-0.15, -0.1) is 5.10 Å². The van der Waals surface area contributed by atoms with Crippen molar-refractivity contribution >= 4 is 11.6 Å². The van der Waals surface area contributed by atoms with Crippen molar-refractivity contribution in [3.8, 4) is 22.5 Å². The Morgan fingerprint density at radius 1 is 1.11 bits per heavy atom. The van der Waals surface area contributed by atoms with Gasteiger partial charge in [0.25, 0.3) is 0 Å². The number of halogens is 1. The van der Waals surface area contributed by atoms with Crippen LogP contribution >= 0.6 is 11.6 Å². The zero-order valence-corrected chi connectivity index (χ0v) is 15.9. The Morgan fingerprint density at radius 2 is 1.81 bits per heavy atom. The van der Waals surface area contributed by atoms with Crippen LogP contribution in [0.1, 0.15) is 5.56 Å². The maximum absolute atomic E-state index is 9.49. The summed E-state index contributed by atoms with van der Waals surface area (Å²) in [5, 5.41) is 27.3. The first-order chi connectivity index (χ1) is 13.1. The largest absolute Gasteiger partial charge is 0.390 e. The van der Waals surface area contributed by atoms with E-state index in [9.17, 15) is 5.11 Å². The minimum absolute atomic E-state index is 0.145. The maximum Gasteiger partial charge on any atom is 0.180 e. The Kier molecular flexibility index (Phi) is 6.05. The van der Waals surface area contributed by atoms with Crippen LogP contribution in [0, 0.1) is 0 Å². The third kappa shape index (κ3) is 4.45. The van der Waals surface area contributed by atoms with Crippen molar-refractivity contribution in [3.63, 3.8) is 0 Å². The fourth-order valence-electron chi connectivity index (χ4n) is 2.69. The van der Waals surface area contributed by atoms with Gasteiger partial charge >= 0.3 is 0 Å². The van der Waals surface area contributed by atoms with Gasteiger partial charge in [0, 0.05) is 26.2 Å². The minimum atomic E-state index is -0.145. The Labute approximate surface area is 162 Å². The molecule has 3 N–H and O–H groups in total. The molecule has 0 aliphatic carbocycles. The van der Waals surface area contributed by atoms with E-state index in [0.717, 1.165) is 22.3 Å². The van der Waals surface area contributed by atoms with E-state index in [1.165, 1.54) is 0 Å². The van der Waals surface area contributed by atoms with Gasteiger partial charge in [0.05, 0.1) is 12.3 Å². The normalized spacial score (nSPS) is 11.9. The Bertz CT molecular complexity index is 906. The van der Waals surface area contributed by atoms with Gasteiger partial charge in [-0.05, 0) is 27.1 Å². The summed E-state index contributed by atoms with van der Waals surface area (Å²) in [6.45, 7) is 0.418. The highest BCUT2D eigenvalue weighted by Gasteiger charge is 2.10. The van der Waals surface area contributed by atoms with Gasteiger partial charge in [0.15, 0.2) is 5.82 Å². The van der Waals surface area contributed by atoms with Crippen molar-refractivity contribution in [1.82, 2.24) is 30.8 Å². The minimum Gasteiger partial charge on any atom is -0.390 e. The fourth-order valence-corrected chi connectivity index (χ4v) is 2.82. The van der Waals surface area contributed by atoms with Crippen LogP contribution in [0.2, 0.25) is 0 Å². The molecule has 0 bridgehead atoms. The first-order valence-electron chi connectivity index (χ1n) is 8.43. The molecule has 0 saturated heterocycles. The second-order valence-corrected chi connectivity index (χ2v) is 6.53. The molecule has 0 unspecified atom stereocenters. The van der Waals surface area contributed by atoms with Gasteiger partial charge in [0.2, 0.25) is 0 Å². The summed E-state index contributed by atoms with van der Waals surface area (Å²) < 4.78 is 0. The molecular formula is C19H21ClN6O. The molecule has 2 aromatic carbocycles. The van der Waals surface area contributed by atoms with Crippen LogP contribution in [0.15, 0.2) is 59.4 Å². The molecule has 0 spiro atoms. The Morgan fingerprint density at radius 3 is 2.41 bits per heavy atom. The number of aliphatic hydroxyl groups excluding tert-OH is 1. The number of hydrogen-bond acceptors (Lipinski definition) is 6. The van der Waals surface area contributed by atoms with Crippen molar-refractivity contribution in [2.24, 2.45) is 0 Å². The summed E-state index contributed by atoms with van der Waals surface area (Å²) in [7, 11) is 3.66. The molecule has 0 radical (unpaired) electrons. The summed E-state index contributed by atoms with van der Waals surface area (Å²) in [6.07, 6.45) is 0. The molecule has 140 valence electrons. The van der Waals surface area contributed by atoms with E-state index < -0.39 is 0 Å². The molecule has 0 amide bonds. The summed E-state index contributed by atoms with van der Waals surface area (Å²) in [6, 6.07) is 16.1. The molecule has 1 aromatic heterocycles. The number of rotatable bonds is 7. The molecule has 7 nitrogen and oxygen atoms in total. The van der Waals surface area contributed by atoms with E-state index in [1.54, 1.807) is 4.90 Å². The summed E-state index contributed by atoms with van der Waals surface area (Å²) in [4.78, 5) is 1.75. The van der Waals surface area contributed by atoms with Gasteiger partial charge in [-0.25, -0.2) is 5.10 Å². The lowest BCUT2D eigenvalue weighted by atomic mass is 9.98. The number of tetrazole rings is 1. The molecule has 8 heteroatoms. The standard InChI is InChI=1S/C19H21ClN6O/c1-26(2)18(20)17(12-27)21-11-13-7-9-14(10-8-13)15-5-3-4-6-16(15)19-22-24-25-23-19/h3-10,21,27H,11-12H2,1-2H3,(H,22,23,24,25)/b18-17-. The Hall–Kier alpha value is -2.90. The van der Waals surface area contributed by atoms with Crippen LogP contribution < -0.4 is 5.32 Å². The number of aromatic nitrogens is 4. The lowest BCUT2D eigenvalue weighted by molar-refractivity contribution is 0.315. The number of hydrogen-bond donors (Lipinski definition) is 3. The van der Waals surface area contributed by atoms with E-state index in [4.69, 9.17) is 11.6 Å². The smallest absolute Gasteiger partial charge is 0.180 e. The van der Waals surface area contributed by atoms with Crippen molar-refractivity contribution < 1.29 is 5.11 Å². The van der Waals surface area contributed by atoms with Crippen LogP contribution in [0.4, 0.5) is 0 Å². The molecule has 0 aliphatic rings. The number of benzene rings is 2. The predicted molar refractivity (Wildman–Crippen MR) is 106 cm³/mol. The van der Waals surface area contributed by atoms with E-state index >= 15 is 0 Å². The van der Waals surface area contributed by atoms with Crippen LogP contribution in [0.5, 0.6) is 0 Å². The zero-order chi connectivity index (χ0) is 19.2. The topological polar surface area (TPSA) is 90.0 Å². The number of nitrogens with one attached hydrogen (secondary N) is 2. The predicted octanol–water partition coefficient (Wildman–Crippen LogP) is 2.59. The van der Waals surface area contributed by atoms with Crippen LogP contribution in [0.25, 0.3) is 22.5 Å². The van der Waals surface area contributed by atoms with Crippen molar-refractivity contribution in [1.29, 1.82) is 0 Å². The highest BCUT2D eigenvalue weighted by Crippen LogP contribution is 2.29. The van der Waals surface area contributed by atoms with Crippen molar-refractivity contribution in [2.75, 3.05) is 20.7 Å². The van der Waals surface area contributed by atoms with Gasteiger partial charge in [-0.1, -0.05) is 60.1 Å². The number of nitrogens with zero attached hydrogens (tertiary/aromatic N) is 4. The molecule has 0 fully saturated rings. The third-order valence-electron chi connectivity index (χ3n) is 4.10. The van der Waals surface area contributed by atoms with Gasteiger partial charge < -0.3 is 15.3 Å².